The Bertz CT molecular complexity index is 1470. The first kappa shape index (κ1) is 26.2. The van der Waals surface area contributed by atoms with Gasteiger partial charge in [-0.1, -0.05) is 56.1 Å². The summed E-state index contributed by atoms with van der Waals surface area (Å²) in [4.78, 5) is 49.5. The summed E-state index contributed by atoms with van der Waals surface area (Å²) in [7, 11) is 0. The first-order chi connectivity index (χ1) is 17.7. The average molecular weight is 629 g/mol. The number of nitro benzene ring substituents is 1. The zero-order valence-corrected chi connectivity index (χ0v) is 22.5. The molecule has 9 nitrogen and oxygen atoms in total. The number of carbonyl (C=O) groups excluding carboxylic acids is 3. The summed E-state index contributed by atoms with van der Waals surface area (Å²) in [6, 6.07) is 15.3. The lowest BCUT2D eigenvalue weighted by atomic mass is 10.0. The Morgan fingerprint density at radius 2 is 1.78 bits per heavy atom. The predicted molar refractivity (Wildman–Crippen MR) is 144 cm³/mol. The van der Waals surface area contributed by atoms with Crippen LogP contribution in [0, 0.1) is 10.1 Å². The van der Waals surface area contributed by atoms with Gasteiger partial charge in [-0.15, -0.1) is 0 Å². The molecule has 4 rings (SSSR count). The Kier molecular flexibility index (Phi) is 7.84. The molecule has 11 heteroatoms. The van der Waals surface area contributed by atoms with E-state index in [1.165, 1.54) is 24.3 Å². The molecule has 1 N–H and O–H groups in total. The number of nitrogens with zero attached hydrogens (tertiary/aromatic N) is 2. The Balaban J connectivity index is 1.73. The highest BCUT2D eigenvalue weighted by Crippen LogP contribution is 2.34. The Hall–Kier alpha value is -3.83. The number of non-ortho nitro benzene ring substituents is 1. The third-order valence-corrected chi connectivity index (χ3v) is 6.99. The molecule has 188 valence electrons. The second-order valence-corrected chi connectivity index (χ2v) is 9.62. The van der Waals surface area contributed by atoms with E-state index in [0.29, 0.717) is 33.7 Å². The molecule has 0 radical (unpaired) electrons. The molecule has 0 unspecified atom stereocenters. The minimum Gasteiger partial charge on any atom is -0.494 e. The monoisotopic (exact) mass is 627 g/mol. The van der Waals surface area contributed by atoms with Crippen LogP contribution >= 0.6 is 31.9 Å². The number of halogens is 2. The summed E-state index contributed by atoms with van der Waals surface area (Å²) in [5, 5.41) is 13.3. The standard InChI is InChI=1S/C26H19Br2N3O6/c1-2-37-23-12-15(11-22(28)19(23)13-16-6-3-4-9-21(16)27)10-20-24(32)29-26(34)30(25(20)33)17-7-5-8-18(14-17)31(35)36/h3-12,14H,2,13H2,1H3,(H,29,32,34)/b20-10+. The van der Waals surface area contributed by atoms with Crippen molar-refractivity contribution in [3.8, 4) is 5.75 Å². The van der Waals surface area contributed by atoms with Gasteiger partial charge in [0.1, 0.15) is 11.3 Å². The molecule has 1 heterocycles. The molecule has 3 aromatic carbocycles. The number of rotatable bonds is 7. The van der Waals surface area contributed by atoms with E-state index in [1.807, 2.05) is 31.2 Å². The molecule has 1 saturated heterocycles. The van der Waals surface area contributed by atoms with Gasteiger partial charge >= 0.3 is 6.03 Å². The fraction of sp³-hybridized carbons (Fsp3) is 0.115. The number of benzene rings is 3. The Labute approximate surface area is 228 Å². The number of nitrogens with one attached hydrogen (secondary N) is 1. The number of hydrogen-bond donors (Lipinski definition) is 1. The molecule has 0 atom stereocenters. The molecule has 4 amide bonds. The maximum atomic E-state index is 13.2. The molecule has 1 aliphatic rings. The van der Waals surface area contributed by atoms with Crippen LogP contribution in [0.15, 0.2) is 75.2 Å². The quantitative estimate of drug-likeness (QED) is 0.153. The third kappa shape index (κ3) is 5.62. The second-order valence-electron chi connectivity index (χ2n) is 7.92. The molecule has 37 heavy (non-hydrogen) atoms. The summed E-state index contributed by atoms with van der Waals surface area (Å²) >= 11 is 7.15. The fourth-order valence-electron chi connectivity index (χ4n) is 3.81. The van der Waals surface area contributed by atoms with Crippen LogP contribution in [0.2, 0.25) is 0 Å². The maximum absolute atomic E-state index is 13.2. The summed E-state index contributed by atoms with van der Waals surface area (Å²) in [6.07, 6.45) is 1.91. The normalized spacial score (nSPS) is 14.6. The highest BCUT2D eigenvalue weighted by Gasteiger charge is 2.37. The fourth-order valence-corrected chi connectivity index (χ4v) is 4.83. The van der Waals surface area contributed by atoms with E-state index >= 15 is 0 Å². The number of urea groups is 1. The topological polar surface area (TPSA) is 119 Å². The third-order valence-electron chi connectivity index (χ3n) is 5.51. The second kappa shape index (κ2) is 11.1. The largest absolute Gasteiger partial charge is 0.494 e. The van der Waals surface area contributed by atoms with Crippen LogP contribution in [0.25, 0.3) is 6.08 Å². The van der Waals surface area contributed by atoms with Crippen molar-refractivity contribution in [1.29, 1.82) is 0 Å². The van der Waals surface area contributed by atoms with Gasteiger partial charge < -0.3 is 4.74 Å². The number of anilines is 1. The van der Waals surface area contributed by atoms with Crippen molar-refractivity contribution in [1.82, 2.24) is 5.32 Å². The lowest BCUT2D eigenvalue weighted by Crippen LogP contribution is -2.54. The Morgan fingerprint density at radius 1 is 1.03 bits per heavy atom. The van der Waals surface area contributed by atoms with Crippen molar-refractivity contribution in [2.45, 2.75) is 13.3 Å². The SMILES string of the molecule is CCOc1cc(/C=C2\C(=O)NC(=O)N(c3cccc([N+](=O)[O-])c3)C2=O)cc(Br)c1Cc1ccccc1Br. The van der Waals surface area contributed by atoms with E-state index in [4.69, 9.17) is 4.74 Å². The van der Waals surface area contributed by atoms with Crippen LogP contribution in [0.3, 0.4) is 0 Å². The highest BCUT2D eigenvalue weighted by molar-refractivity contribution is 9.10. The molecule has 0 bridgehead atoms. The number of hydrogen-bond acceptors (Lipinski definition) is 6. The zero-order valence-electron chi connectivity index (χ0n) is 19.4. The van der Waals surface area contributed by atoms with Gasteiger partial charge in [-0.3, -0.25) is 25.0 Å². The lowest BCUT2D eigenvalue weighted by Gasteiger charge is -2.26. The smallest absolute Gasteiger partial charge is 0.335 e. The van der Waals surface area contributed by atoms with Crippen molar-refractivity contribution in [2.24, 2.45) is 0 Å². The van der Waals surface area contributed by atoms with Gasteiger partial charge in [0.15, 0.2) is 0 Å². The van der Waals surface area contributed by atoms with Gasteiger partial charge in [0.2, 0.25) is 0 Å². The van der Waals surface area contributed by atoms with E-state index in [-0.39, 0.29) is 16.9 Å². The van der Waals surface area contributed by atoms with Crippen LogP contribution < -0.4 is 15.0 Å². The minimum atomic E-state index is -0.993. The number of nitro groups is 1. The number of ether oxygens (including phenoxy) is 1. The lowest BCUT2D eigenvalue weighted by molar-refractivity contribution is -0.384. The van der Waals surface area contributed by atoms with Gasteiger partial charge in [-0.2, -0.15) is 0 Å². The molecule has 1 fully saturated rings. The van der Waals surface area contributed by atoms with Gasteiger partial charge in [0.05, 0.1) is 17.2 Å². The van der Waals surface area contributed by atoms with Crippen molar-refractivity contribution in [3.63, 3.8) is 0 Å². The highest BCUT2D eigenvalue weighted by atomic mass is 79.9. The molecule has 3 aromatic rings. The predicted octanol–water partition coefficient (Wildman–Crippen LogP) is 5.78. The van der Waals surface area contributed by atoms with Crippen LogP contribution in [-0.4, -0.2) is 29.4 Å². The van der Waals surface area contributed by atoms with Crippen molar-refractivity contribution >= 4 is 67.2 Å². The van der Waals surface area contributed by atoms with Crippen molar-refractivity contribution in [3.05, 3.63) is 102 Å². The number of amides is 4. The first-order valence-electron chi connectivity index (χ1n) is 11.0. The van der Waals surface area contributed by atoms with Crippen LogP contribution in [0.5, 0.6) is 5.75 Å². The van der Waals surface area contributed by atoms with Gasteiger partial charge in [0, 0.05) is 33.1 Å². The van der Waals surface area contributed by atoms with E-state index in [2.05, 4.69) is 37.2 Å². The summed E-state index contributed by atoms with van der Waals surface area (Å²) < 4.78 is 7.52. The van der Waals surface area contributed by atoms with E-state index < -0.39 is 22.8 Å². The minimum absolute atomic E-state index is 0.0323. The number of carbonyl (C=O) groups is 3. The van der Waals surface area contributed by atoms with Gasteiger partial charge in [-0.25, -0.2) is 9.69 Å². The maximum Gasteiger partial charge on any atom is 0.335 e. The summed E-state index contributed by atoms with van der Waals surface area (Å²) in [5.41, 5.74) is 1.77. The first-order valence-corrected chi connectivity index (χ1v) is 12.6. The number of imide groups is 2. The molecular weight excluding hydrogens is 610 g/mol. The van der Waals surface area contributed by atoms with Gasteiger partial charge in [0.25, 0.3) is 17.5 Å². The zero-order chi connectivity index (χ0) is 26.7. The van der Waals surface area contributed by atoms with Crippen LogP contribution in [0.1, 0.15) is 23.6 Å². The molecule has 1 aliphatic heterocycles. The molecule has 0 aliphatic carbocycles. The molecule has 0 spiro atoms. The van der Waals surface area contributed by atoms with Crippen LogP contribution in [0.4, 0.5) is 16.2 Å². The van der Waals surface area contributed by atoms with Crippen LogP contribution in [-0.2, 0) is 16.0 Å². The Morgan fingerprint density at radius 3 is 2.49 bits per heavy atom. The molecular formula is C26H19Br2N3O6. The molecule has 0 aromatic heterocycles. The van der Waals surface area contributed by atoms with Crippen molar-refractivity contribution in [2.75, 3.05) is 11.5 Å². The molecule has 0 saturated carbocycles. The van der Waals surface area contributed by atoms with Gasteiger partial charge in [-0.05, 0) is 48.4 Å². The van der Waals surface area contributed by atoms with Crippen molar-refractivity contribution < 1.29 is 24.0 Å². The van der Waals surface area contributed by atoms with E-state index in [0.717, 1.165) is 21.7 Å². The summed E-state index contributed by atoms with van der Waals surface area (Å²) in [6.45, 7) is 2.24. The van der Waals surface area contributed by atoms with E-state index in [1.54, 1.807) is 12.1 Å². The summed E-state index contributed by atoms with van der Waals surface area (Å²) in [5.74, 6) is -1.21. The average Bonchev–Trinajstić information content (AvgIpc) is 2.85. The number of barbiturate groups is 1. The van der Waals surface area contributed by atoms with E-state index in [9.17, 15) is 24.5 Å².